The lowest BCUT2D eigenvalue weighted by Gasteiger charge is -2.19. The van der Waals surface area contributed by atoms with Gasteiger partial charge in [0.05, 0.1) is 22.3 Å². The van der Waals surface area contributed by atoms with Gasteiger partial charge in [-0.25, -0.2) is 14.3 Å². The lowest BCUT2D eigenvalue weighted by Crippen LogP contribution is -2.47. The molecule has 9 nitrogen and oxygen atoms in total. The Morgan fingerprint density at radius 1 is 1.22 bits per heavy atom. The van der Waals surface area contributed by atoms with Crippen LogP contribution in [-0.4, -0.2) is 49.4 Å². The summed E-state index contributed by atoms with van der Waals surface area (Å²) < 4.78 is 3.35. The molecule has 3 aromatic rings. The normalized spacial score (nSPS) is 18.4. The summed E-state index contributed by atoms with van der Waals surface area (Å²) in [6.07, 6.45) is 4.18. The van der Waals surface area contributed by atoms with E-state index in [1.165, 1.54) is 11.0 Å². The molecular weight excluding hydrogens is 453 g/mol. The summed E-state index contributed by atoms with van der Waals surface area (Å²) in [5.74, 6) is 0.554. The third kappa shape index (κ3) is 3.98. The Bertz CT molecular complexity index is 1200. The maximum absolute atomic E-state index is 13.0. The van der Waals surface area contributed by atoms with E-state index in [9.17, 15) is 9.59 Å². The number of halogens is 2. The van der Waals surface area contributed by atoms with Crippen molar-refractivity contribution in [3.05, 3.63) is 57.7 Å². The van der Waals surface area contributed by atoms with Gasteiger partial charge in [0, 0.05) is 25.6 Å². The van der Waals surface area contributed by atoms with E-state index in [1.54, 1.807) is 24.1 Å². The number of aromatic nitrogens is 5. The standard InChI is InChI=1S/C21H21Cl2N7O2/c1-28-17-9-16(12-5-6-12)26-30(17)8-7-15(21(28)32)25-20(31)19-24-11-29(27-19)10-13-3-2-4-14(22)18(13)23/h2-4,9,11-12,15H,5-8,10H2,1H3,(H,25,31)/t15-/m0/s1. The minimum Gasteiger partial charge on any atom is -0.337 e. The number of rotatable bonds is 5. The van der Waals surface area contributed by atoms with Crippen LogP contribution in [0.15, 0.2) is 30.6 Å². The molecule has 0 radical (unpaired) electrons. The van der Waals surface area contributed by atoms with Crippen LogP contribution < -0.4 is 10.2 Å². The van der Waals surface area contributed by atoms with E-state index in [0.29, 0.717) is 35.5 Å². The Hall–Kier alpha value is -2.91. The van der Waals surface area contributed by atoms with Gasteiger partial charge in [0.15, 0.2) is 0 Å². The van der Waals surface area contributed by atoms with Crippen LogP contribution in [0.1, 0.15) is 47.1 Å². The molecule has 3 heterocycles. The first-order chi connectivity index (χ1) is 15.4. The maximum Gasteiger partial charge on any atom is 0.291 e. The first kappa shape index (κ1) is 21.0. The Morgan fingerprint density at radius 2 is 2.03 bits per heavy atom. The molecule has 1 aliphatic heterocycles. The summed E-state index contributed by atoms with van der Waals surface area (Å²) >= 11 is 12.3. The molecule has 0 unspecified atom stereocenters. The van der Waals surface area contributed by atoms with E-state index in [4.69, 9.17) is 23.2 Å². The van der Waals surface area contributed by atoms with Gasteiger partial charge in [-0.2, -0.15) is 5.10 Å². The molecule has 1 atom stereocenters. The van der Waals surface area contributed by atoms with E-state index in [1.807, 2.05) is 16.8 Å². The van der Waals surface area contributed by atoms with E-state index in [-0.39, 0.29) is 11.7 Å². The molecule has 1 aromatic carbocycles. The smallest absolute Gasteiger partial charge is 0.291 e. The van der Waals surface area contributed by atoms with Crippen molar-refractivity contribution in [3.8, 4) is 0 Å². The second kappa shape index (κ2) is 8.22. The van der Waals surface area contributed by atoms with E-state index in [2.05, 4.69) is 20.5 Å². The summed E-state index contributed by atoms with van der Waals surface area (Å²) in [5, 5.41) is 12.5. The van der Waals surface area contributed by atoms with Crippen molar-refractivity contribution in [2.75, 3.05) is 11.9 Å². The molecule has 32 heavy (non-hydrogen) atoms. The highest BCUT2D eigenvalue weighted by atomic mass is 35.5. The second-order valence-corrected chi connectivity index (χ2v) is 8.90. The van der Waals surface area contributed by atoms with E-state index >= 15 is 0 Å². The number of anilines is 1. The van der Waals surface area contributed by atoms with Crippen LogP contribution in [0, 0.1) is 0 Å². The van der Waals surface area contributed by atoms with Gasteiger partial charge < -0.3 is 5.32 Å². The molecule has 1 fully saturated rings. The van der Waals surface area contributed by atoms with Crippen LogP contribution in [0.5, 0.6) is 0 Å². The highest BCUT2D eigenvalue weighted by Crippen LogP contribution is 2.40. The zero-order valence-electron chi connectivity index (χ0n) is 17.3. The summed E-state index contributed by atoms with van der Waals surface area (Å²) in [6, 6.07) is 6.61. The predicted octanol–water partition coefficient (Wildman–Crippen LogP) is 2.87. The highest BCUT2D eigenvalue weighted by Gasteiger charge is 2.34. The Labute approximate surface area is 194 Å². The van der Waals surface area contributed by atoms with Gasteiger partial charge in [-0.3, -0.25) is 14.5 Å². The predicted molar refractivity (Wildman–Crippen MR) is 119 cm³/mol. The summed E-state index contributed by atoms with van der Waals surface area (Å²) in [5.41, 5.74) is 1.80. The Balaban J connectivity index is 1.26. The number of benzene rings is 1. The largest absolute Gasteiger partial charge is 0.337 e. The average molecular weight is 474 g/mol. The van der Waals surface area contributed by atoms with E-state index < -0.39 is 11.9 Å². The third-order valence-corrected chi connectivity index (χ3v) is 6.64. The minimum atomic E-state index is -0.687. The Morgan fingerprint density at radius 3 is 2.81 bits per heavy atom. The number of carbonyl (C=O) groups is 2. The van der Waals surface area contributed by atoms with Crippen molar-refractivity contribution in [2.24, 2.45) is 0 Å². The van der Waals surface area contributed by atoms with Gasteiger partial charge in [-0.05, 0) is 30.9 Å². The quantitative estimate of drug-likeness (QED) is 0.614. The Kier molecular flexibility index (Phi) is 5.38. The average Bonchev–Trinajstić information content (AvgIpc) is 3.39. The fourth-order valence-corrected chi connectivity index (χ4v) is 4.22. The second-order valence-electron chi connectivity index (χ2n) is 8.12. The van der Waals surface area contributed by atoms with Gasteiger partial charge in [0.25, 0.3) is 11.8 Å². The summed E-state index contributed by atoms with van der Waals surface area (Å²) in [4.78, 5) is 31.4. The molecule has 1 saturated carbocycles. The van der Waals surface area contributed by atoms with Crippen LogP contribution in [0.2, 0.25) is 10.0 Å². The molecule has 0 spiro atoms. The van der Waals surface area contributed by atoms with Crippen molar-refractivity contribution in [1.82, 2.24) is 29.9 Å². The molecule has 11 heteroatoms. The van der Waals surface area contributed by atoms with Gasteiger partial charge in [0.1, 0.15) is 18.2 Å². The fraction of sp³-hybridized carbons (Fsp3) is 0.381. The zero-order valence-corrected chi connectivity index (χ0v) is 18.8. The molecule has 2 amide bonds. The third-order valence-electron chi connectivity index (χ3n) is 5.78. The van der Waals surface area contributed by atoms with Crippen molar-refractivity contribution in [2.45, 2.75) is 44.3 Å². The number of hydrogen-bond acceptors (Lipinski definition) is 5. The van der Waals surface area contributed by atoms with Gasteiger partial charge in [-0.15, -0.1) is 5.10 Å². The van der Waals surface area contributed by atoms with Gasteiger partial charge in [0.2, 0.25) is 5.82 Å². The van der Waals surface area contributed by atoms with Crippen molar-refractivity contribution in [3.63, 3.8) is 0 Å². The molecule has 2 aliphatic rings. The number of hydrogen-bond donors (Lipinski definition) is 1. The van der Waals surface area contributed by atoms with Crippen molar-refractivity contribution in [1.29, 1.82) is 0 Å². The first-order valence-electron chi connectivity index (χ1n) is 10.4. The SMILES string of the molecule is CN1C(=O)[C@@H](NC(=O)c2ncn(Cc3cccc(Cl)c3Cl)n2)CCn2nc(C3CC3)cc21. The molecule has 166 valence electrons. The minimum absolute atomic E-state index is 0.0170. The zero-order chi connectivity index (χ0) is 22.4. The number of aryl methyl sites for hydroxylation is 1. The van der Waals surface area contributed by atoms with Crippen LogP contribution in [0.3, 0.4) is 0 Å². The van der Waals surface area contributed by atoms with Crippen molar-refractivity contribution < 1.29 is 9.59 Å². The number of likely N-dealkylation sites (N-methyl/N-ethyl adjacent to an activating group) is 1. The molecule has 1 N–H and O–H groups in total. The van der Waals surface area contributed by atoms with Crippen LogP contribution in [0.4, 0.5) is 5.82 Å². The topological polar surface area (TPSA) is 97.9 Å². The molecule has 0 saturated heterocycles. The number of carbonyl (C=O) groups excluding carboxylic acids is 2. The lowest BCUT2D eigenvalue weighted by atomic mass is 10.2. The molecule has 5 rings (SSSR count). The maximum atomic E-state index is 13.0. The van der Waals surface area contributed by atoms with Crippen LogP contribution in [-0.2, 0) is 17.9 Å². The molecular formula is C21H21Cl2N7O2. The number of nitrogens with zero attached hydrogens (tertiary/aromatic N) is 6. The summed E-state index contributed by atoms with van der Waals surface area (Å²) in [6.45, 7) is 0.855. The van der Waals surface area contributed by atoms with Crippen molar-refractivity contribution >= 4 is 40.8 Å². The number of amides is 2. The molecule has 0 bridgehead atoms. The molecule has 1 aliphatic carbocycles. The van der Waals surface area contributed by atoms with E-state index in [0.717, 1.165) is 29.9 Å². The first-order valence-corrected chi connectivity index (χ1v) is 11.1. The summed E-state index contributed by atoms with van der Waals surface area (Å²) in [7, 11) is 1.71. The van der Waals surface area contributed by atoms with Crippen LogP contribution in [0.25, 0.3) is 0 Å². The highest BCUT2D eigenvalue weighted by molar-refractivity contribution is 6.42. The fourth-order valence-electron chi connectivity index (χ4n) is 3.84. The monoisotopic (exact) mass is 473 g/mol. The van der Waals surface area contributed by atoms with Gasteiger partial charge in [-0.1, -0.05) is 35.3 Å². The van der Waals surface area contributed by atoms with Gasteiger partial charge >= 0.3 is 0 Å². The number of fused-ring (bicyclic) bond motifs is 1. The number of nitrogens with one attached hydrogen (secondary N) is 1. The lowest BCUT2D eigenvalue weighted by molar-refractivity contribution is -0.120. The molecule has 2 aromatic heterocycles. The van der Waals surface area contributed by atoms with Crippen LogP contribution >= 0.6 is 23.2 Å².